The third kappa shape index (κ3) is 4.93. The standard InChI is InChI=1S/C23H25N7O3S/c1-14(2)20-27-22(33-29-20)16-7-9-30(10-8-16)21-18(11-31)23(26-13-25-21)32-17-5-3-15(4-6-17)19(12-34)28-24/h3-6,11-14,16H,7-10,24H2,1-2H3. The van der Waals surface area contributed by atoms with Gasteiger partial charge in [0, 0.05) is 35.9 Å². The molecule has 2 N–H and O–H groups in total. The Labute approximate surface area is 202 Å². The van der Waals surface area contributed by atoms with Gasteiger partial charge in [-0.3, -0.25) is 4.79 Å². The van der Waals surface area contributed by atoms with E-state index in [2.05, 4.69) is 30.1 Å². The minimum Gasteiger partial charge on any atom is -0.438 e. The average molecular weight is 480 g/mol. The monoisotopic (exact) mass is 479 g/mol. The number of ether oxygens (including phenoxy) is 1. The lowest BCUT2D eigenvalue weighted by atomic mass is 9.96. The molecule has 3 aromatic rings. The van der Waals surface area contributed by atoms with Crippen LogP contribution in [-0.2, 0) is 0 Å². The zero-order chi connectivity index (χ0) is 24.1. The molecule has 0 atom stereocenters. The number of thiocarbonyl (C=S) groups is 1. The second kappa shape index (κ2) is 10.5. The molecule has 0 bridgehead atoms. The number of aromatic nitrogens is 4. The van der Waals surface area contributed by atoms with E-state index in [0.29, 0.717) is 41.8 Å². The third-order valence-electron chi connectivity index (χ3n) is 5.68. The summed E-state index contributed by atoms with van der Waals surface area (Å²) in [5, 5.41) is 9.12. The molecule has 176 valence electrons. The van der Waals surface area contributed by atoms with Crippen molar-refractivity contribution in [2.24, 2.45) is 10.9 Å². The van der Waals surface area contributed by atoms with Gasteiger partial charge >= 0.3 is 0 Å². The van der Waals surface area contributed by atoms with E-state index in [1.54, 1.807) is 24.3 Å². The number of hydrazone groups is 1. The van der Waals surface area contributed by atoms with E-state index in [9.17, 15) is 4.79 Å². The largest absolute Gasteiger partial charge is 0.438 e. The molecule has 0 aliphatic carbocycles. The normalized spacial score (nSPS) is 14.9. The van der Waals surface area contributed by atoms with Crippen LogP contribution < -0.4 is 15.5 Å². The first kappa shape index (κ1) is 23.4. The van der Waals surface area contributed by atoms with Crippen molar-refractivity contribution in [1.82, 2.24) is 20.1 Å². The molecule has 0 radical (unpaired) electrons. The second-order valence-corrected chi connectivity index (χ2v) is 8.44. The van der Waals surface area contributed by atoms with Crippen molar-refractivity contribution in [3.8, 4) is 11.6 Å². The highest BCUT2D eigenvalue weighted by Gasteiger charge is 2.28. The number of aldehydes is 1. The predicted molar refractivity (Wildman–Crippen MR) is 131 cm³/mol. The molecule has 1 saturated heterocycles. The predicted octanol–water partition coefficient (Wildman–Crippen LogP) is 3.63. The van der Waals surface area contributed by atoms with Crippen molar-refractivity contribution in [2.75, 3.05) is 18.0 Å². The Morgan fingerprint density at radius 2 is 2.00 bits per heavy atom. The molecule has 0 amide bonds. The number of nitrogens with zero attached hydrogens (tertiary/aromatic N) is 6. The zero-order valence-electron chi connectivity index (χ0n) is 18.9. The molecule has 1 aliphatic rings. The SMILES string of the molecule is CC(C)c1noc(C2CCN(c3ncnc(Oc4ccc(C(C=S)=NN)cc4)c3C=O)CC2)n1. The van der Waals surface area contributed by atoms with E-state index in [-0.39, 0.29) is 17.7 Å². The van der Waals surface area contributed by atoms with Crippen LogP contribution in [-0.4, -0.2) is 50.6 Å². The topological polar surface area (TPSA) is 133 Å². The van der Waals surface area contributed by atoms with Gasteiger partial charge in [0.25, 0.3) is 0 Å². The van der Waals surface area contributed by atoms with Crippen molar-refractivity contribution in [2.45, 2.75) is 38.5 Å². The fraction of sp³-hybridized carbons (Fsp3) is 0.348. The molecule has 1 fully saturated rings. The van der Waals surface area contributed by atoms with Crippen molar-refractivity contribution in [1.29, 1.82) is 0 Å². The molecular weight excluding hydrogens is 454 g/mol. The van der Waals surface area contributed by atoms with E-state index in [1.807, 2.05) is 13.8 Å². The minimum absolute atomic E-state index is 0.182. The van der Waals surface area contributed by atoms with Gasteiger partial charge in [0.15, 0.2) is 12.1 Å². The maximum absolute atomic E-state index is 12.0. The Bertz CT molecular complexity index is 1190. The Morgan fingerprint density at radius 1 is 1.26 bits per heavy atom. The van der Waals surface area contributed by atoms with Crippen LogP contribution in [0.4, 0.5) is 5.82 Å². The molecule has 0 saturated carbocycles. The van der Waals surface area contributed by atoms with Gasteiger partial charge in [0.1, 0.15) is 29.2 Å². The van der Waals surface area contributed by atoms with Crippen LogP contribution in [0.15, 0.2) is 40.2 Å². The second-order valence-electron chi connectivity index (χ2n) is 8.20. The Morgan fingerprint density at radius 3 is 2.59 bits per heavy atom. The van der Waals surface area contributed by atoms with Crippen LogP contribution >= 0.6 is 12.2 Å². The van der Waals surface area contributed by atoms with E-state index in [1.165, 1.54) is 11.7 Å². The van der Waals surface area contributed by atoms with Gasteiger partial charge in [-0.05, 0) is 37.1 Å². The first-order valence-electron chi connectivity index (χ1n) is 10.9. The summed E-state index contributed by atoms with van der Waals surface area (Å²) in [6, 6.07) is 7.02. The smallest absolute Gasteiger partial charge is 0.235 e. The number of carbonyl (C=O) groups is 1. The Hall–Kier alpha value is -3.73. The molecule has 0 unspecified atom stereocenters. The average Bonchev–Trinajstić information content (AvgIpc) is 3.37. The molecule has 11 heteroatoms. The summed E-state index contributed by atoms with van der Waals surface area (Å²) in [5.74, 6) is 8.38. The van der Waals surface area contributed by atoms with Crippen molar-refractivity contribution < 1.29 is 14.1 Å². The summed E-state index contributed by atoms with van der Waals surface area (Å²) >= 11 is 4.91. The van der Waals surface area contributed by atoms with Crippen LogP contribution in [0.2, 0.25) is 0 Å². The van der Waals surface area contributed by atoms with Crippen LogP contribution in [0.1, 0.15) is 66.2 Å². The van der Waals surface area contributed by atoms with Crippen LogP contribution in [0.25, 0.3) is 0 Å². The summed E-state index contributed by atoms with van der Waals surface area (Å²) in [4.78, 5) is 27.1. The fourth-order valence-corrected chi connectivity index (χ4v) is 3.97. The molecule has 1 aromatic carbocycles. The Kier molecular flexibility index (Phi) is 7.21. The van der Waals surface area contributed by atoms with Crippen molar-refractivity contribution in [3.63, 3.8) is 0 Å². The van der Waals surface area contributed by atoms with E-state index < -0.39 is 0 Å². The van der Waals surface area contributed by atoms with Crippen LogP contribution in [0, 0.1) is 0 Å². The number of piperidine rings is 1. The molecule has 2 aromatic heterocycles. The summed E-state index contributed by atoms with van der Waals surface area (Å²) in [6.07, 6.45) is 3.74. The summed E-state index contributed by atoms with van der Waals surface area (Å²) in [7, 11) is 0. The highest BCUT2D eigenvalue weighted by atomic mass is 32.1. The van der Waals surface area contributed by atoms with Gasteiger partial charge in [0.05, 0.1) is 0 Å². The van der Waals surface area contributed by atoms with Gasteiger partial charge in [-0.25, -0.2) is 9.97 Å². The van der Waals surface area contributed by atoms with E-state index in [0.717, 1.165) is 30.5 Å². The number of nitrogens with two attached hydrogens (primary N) is 1. The van der Waals surface area contributed by atoms with Crippen LogP contribution in [0.3, 0.4) is 0 Å². The molecule has 10 nitrogen and oxygen atoms in total. The third-order valence-corrected chi connectivity index (χ3v) is 5.90. The molecule has 3 heterocycles. The van der Waals surface area contributed by atoms with E-state index in [4.69, 9.17) is 27.3 Å². The van der Waals surface area contributed by atoms with Crippen LogP contribution in [0.5, 0.6) is 11.6 Å². The number of rotatable bonds is 8. The maximum Gasteiger partial charge on any atom is 0.235 e. The van der Waals surface area contributed by atoms with E-state index >= 15 is 0 Å². The number of anilines is 1. The number of benzene rings is 1. The quantitative estimate of drug-likeness (QED) is 0.168. The van der Waals surface area contributed by atoms with Gasteiger partial charge in [-0.1, -0.05) is 31.2 Å². The van der Waals surface area contributed by atoms with Gasteiger partial charge in [-0.2, -0.15) is 10.1 Å². The van der Waals surface area contributed by atoms with Gasteiger partial charge in [0.2, 0.25) is 11.8 Å². The number of hydrogen-bond donors (Lipinski definition) is 1. The molecule has 4 rings (SSSR count). The number of carbonyl (C=O) groups excluding carboxylic acids is 1. The van der Waals surface area contributed by atoms with Gasteiger partial charge < -0.3 is 20.0 Å². The highest BCUT2D eigenvalue weighted by molar-refractivity contribution is 7.80. The lowest BCUT2D eigenvalue weighted by molar-refractivity contribution is 0.112. The summed E-state index contributed by atoms with van der Waals surface area (Å²) < 4.78 is 11.4. The summed E-state index contributed by atoms with van der Waals surface area (Å²) in [6.45, 7) is 5.45. The number of hydrogen-bond acceptors (Lipinski definition) is 11. The lowest BCUT2D eigenvalue weighted by Crippen LogP contribution is -2.34. The molecule has 34 heavy (non-hydrogen) atoms. The molecular formula is C23H25N7O3S. The van der Waals surface area contributed by atoms with Crippen molar-refractivity contribution in [3.05, 3.63) is 53.4 Å². The first-order valence-corrected chi connectivity index (χ1v) is 11.4. The first-order chi connectivity index (χ1) is 16.5. The zero-order valence-corrected chi connectivity index (χ0v) is 19.7. The highest BCUT2D eigenvalue weighted by Crippen LogP contribution is 2.33. The lowest BCUT2D eigenvalue weighted by Gasteiger charge is -2.32. The van der Waals surface area contributed by atoms with Gasteiger partial charge in [-0.15, -0.1) is 0 Å². The summed E-state index contributed by atoms with van der Waals surface area (Å²) in [5.41, 5.74) is 1.55. The molecule has 0 spiro atoms. The van der Waals surface area contributed by atoms with Crippen molar-refractivity contribution >= 4 is 35.4 Å². The fourth-order valence-electron chi connectivity index (χ4n) is 3.77. The maximum atomic E-state index is 12.0. The molecule has 1 aliphatic heterocycles. The Balaban J connectivity index is 1.48. The minimum atomic E-state index is 0.182.